The van der Waals surface area contributed by atoms with Crippen LogP contribution in [0.1, 0.15) is 16.1 Å². The fourth-order valence-corrected chi connectivity index (χ4v) is 3.40. The van der Waals surface area contributed by atoms with Crippen LogP contribution in [0, 0.1) is 0 Å². The zero-order valence-electron chi connectivity index (χ0n) is 14.8. The number of aromatic nitrogens is 2. The second-order valence-corrected chi connectivity index (χ2v) is 7.24. The van der Waals surface area contributed by atoms with Crippen molar-refractivity contribution in [3.05, 3.63) is 98.4 Å². The summed E-state index contributed by atoms with van der Waals surface area (Å²) < 4.78 is 1.51. The van der Waals surface area contributed by atoms with E-state index >= 15 is 0 Å². The second kappa shape index (κ2) is 7.23. The molecule has 0 unspecified atom stereocenters. The van der Waals surface area contributed by atoms with E-state index in [1.807, 2.05) is 12.1 Å². The molecule has 0 bridgehead atoms. The van der Waals surface area contributed by atoms with Crippen LogP contribution in [0.2, 0.25) is 10.0 Å². The first-order valence-corrected chi connectivity index (χ1v) is 9.26. The molecule has 0 aliphatic carbocycles. The smallest absolute Gasteiger partial charge is 0.251 e. The van der Waals surface area contributed by atoms with Gasteiger partial charge in [-0.15, -0.1) is 0 Å². The maximum Gasteiger partial charge on any atom is 0.251 e. The largest absolute Gasteiger partial charge is 0.310 e. The van der Waals surface area contributed by atoms with Crippen LogP contribution in [0.4, 0.5) is 0 Å². The van der Waals surface area contributed by atoms with Crippen molar-refractivity contribution in [2.75, 3.05) is 0 Å². The lowest BCUT2D eigenvalue weighted by Crippen LogP contribution is -2.17. The number of hydrogen-bond donors (Lipinski definition) is 0. The fourth-order valence-electron chi connectivity index (χ4n) is 3.08. The number of carbonyl (C=O) groups is 1. The quantitative estimate of drug-likeness (QED) is 0.441. The number of benzene rings is 2. The van der Waals surface area contributed by atoms with Crippen molar-refractivity contribution in [1.82, 2.24) is 9.55 Å². The summed E-state index contributed by atoms with van der Waals surface area (Å²) in [4.78, 5) is 29.9. The van der Waals surface area contributed by atoms with Crippen LogP contribution < -0.4 is 5.56 Å². The predicted octanol–water partition coefficient (Wildman–Crippen LogP) is 5.14. The number of hydrogen-bond acceptors (Lipinski definition) is 3. The van der Waals surface area contributed by atoms with Crippen molar-refractivity contribution in [2.45, 2.75) is 0 Å². The average Bonchev–Trinajstić information content (AvgIpc) is 2.70. The lowest BCUT2D eigenvalue weighted by Gasteiger charge is -2.11. The Kier molecular flexibility index (Phi) is 4.75. The van der Waals surface area contributed by atoms with Gasteiger partial charge in [0.15, 0.2) is 0 Å². The van der Waals surface area contributed by atoms with Crippen LogP contribution in [0.15, 0.2) is 71.5 Å². The molecule has 2 aromatic carbocycles. The summed E-state index contributed by atoms with van der Waals surface area (Å²) in [5.74, 6) is -0.218. The van der Waals surface area contributed by atoms with Crippen LogP contribution in [0.25, 0.3) is 22.2 Å². The number of aryl methyl sites for hydroxylation is 1. The lowest BCUT2D eigenvalue weighted by atomic mass is 10.0. The topological polar surface area (TPSA) is 52.0 Å². The molecular weight excluding hydrogens is 395 g/mol. The summed E-state index contributed by atoms with van der Waals surface area (Å²) >= 11 is 12.0. The molecule has 2 aromatic heterocycles. The molecule has 0 aliphatic heterocycles. The van der Waals surface area contributed by atoms with Gasteiger partial charge in [0.1, 0.15) is 5.69 Å². The van der Waals surface area contributed by atoms with Crippen molar-refractivity contribution in [1.29, 1.82) is 0 Å². The van der Waals surface area contributed by atoms with Crippen molar-refractivity contribution in [3.63, 3.8) is 0 Å². The van der Waals surface area contributed by atoms with E-state index in [-0.39, 0.29) is 17.0 Å². The minimum atomic E-state index is -0.218. The van der Waals surface area contributed by atoms with Gasteiger partial charge in [-0.05, 0) is 54.1 Å². The van der Waals surface area contributed by atoms with E-state index in [1.54, 1.807) is 55.6 Å². The zero-order chi connectivity index (χ0) is 19.8. The standard InChI is InChI=1S/C22H14Cl2N2O2/c1-26-19-10-9-18(22(28)13-5-7-15(23)8-6-13)25-21(19)17(12-20(26)27)14-3-2-4-16(24)11-14/h2-12H,1H3. The Bertz CT molecular complexity index is 1280. The lowest BCUT2D eigenvalue weighted by molar-refractivity contribution is 0.103. The van der Waals surface area contributed by atoms with Crippen LogP contribution in [0.3, 0.4) is 0 Å². The zero-order valence-corrected chi connectivity index (χ0v) is 16.3. The van der Waals surface area contributed by atoms with Crippen molar-refractivity contribution in [2.24, 2.45) is 7.05 Å². The molecule has 0 fully saturated rings. The van der Waals surface area contributed by atoms with Crippen LogP contribution in [-0.4, -0.2) is 15.3 Å². The van der Waals surface area contributed by atoms with Gasteiger partial charge in [0.2, 0.25) is 5.78 Å². The molecule has 138 valence electrons. The number of nitrogens with zero attached hydrogens (tertiary/aromatic N) is 2. The van der Waals surface area contributed by atoms with E-state index in [4.69, 9.17) is 23.2 Å². The average molecular weight is 409 g/mol. The molecule has 0 radical (unpaired) electrons. The Hall–Kier alpha value is -2.95. The van der Waals surface area contributed by atoms with Crippen LogP contribution >= 0.6 is 23.2 Å². The molecule has 28 heavy (non-hydrogen) atoms. The van der Waals surface area contributed by atoms with E-state index in [1.165, 1.54) is 10.6 Å². The molecule has 4 aromatic rings. The number of rotatable bonds is 3. The third-order valence-electron chi connectivity index (χ3n) is 4.56. The number of pyridine rings is 2. The molecule has 0 saturated heterocycles. The molecule has 0 atom stereocenters. The number of fused-ring (bicyclic) bond motifs is 1. The highest BCUT2D eigenvalue weighted by molar-refractivity contribution is 6.31. The summed E-state index contributed by atoms with van der Waals surface area (Å²) in [7, 11) is 1.68. The fraction of sp³-hybridized carbons (Fsp3) is 0.0455. The van der Waals surface area contributed by atoms with Crippen LogP contribution in [-0.2, 0) is 7.05 Å². The summed E-state index contributed by atoms with van der Waals surface area (Å²) in [6.45, 7) is 0. The number of ketones is 1. The minimum absolute atomic E-state index is 0.166. The normalized spacial score (nSPS) is 11.0. The number of halogens is 2. The molecule has 2 heterocycles. The summed E-state index contributed by atoms with van der Waals surface area (Å²) in [5, 5.41) is 1.11. The van der Waals surface area contributed by atoms with E-state index in [2.05, 4.69) is 4.98 Å². The maximum atomic E-state index is 12.9. The van der Waals surface area contributed by atoms with Gasteiger partial charge >= 0.3 is 0 Å². The monoisotopic (exact) mass is 408 g/mol. The molecular formula is C22H14Cl2N2O2. The summed E-state index contributed by atoms with van der Waals surface area (Å²) in [6, 6.07) is 18.7. The second-order valence-electron chi connectivity index (χ2n) is 6.37. The summed E-state index contributed by atoms with van der Waals surface area (Å²) in [6.07, 6.45) is 0. The molecule has 4 nitrogen and oxygen atoms in total. The number of carbonyl (C=O) groups excluding carboxylic acids is 1. The molecule has 4 rings (SSSR count). The Morgan fingerprint density at radius 2 is 1.68 bits per heavy atom. The molecule has 6 heteroatoms. The Morgan fingerprint density at radius 1 is 0.929 bits per heavy atom. The third-order valence-corrected chi connectivity index (χ3v) is 5.05. The van der Waals surface area contributed by atoms with Crippen LogP contribution in [0.5, 0.6) is 0 Å². The van der Waals surface area contributed by atoms with Gasteiger partial charge in [0.25, 0.3) is 5.56 Å². The Morgan fingerprint density at radius 3 is 2.39 bits per heavy atom. The van der Waals surface area contributed by atoms with Crippen molar-refractivity contribution < 1.29 is 4.79 Å². The van der Waals surface area contributed by atoms with Crippen molar-refractivity contribution in [3.8, 4) is 11.1 Å². The first-order chi connectivity index (χ1) is 13.4. The Balaban J connectivity index is 1.94. The Labute approximate surface area is 171 Å². The van der Waals surface area contributed by atoms with Gasteiger partial charge in [-0.2, -0.15) is 0 Å². The third kappa shape index (κ3) is 3.33. The first-order valence-electron chi connectivity index (χ1n) is 8.51. The minimum Gasteiger partial charge on any atom is -0.310 e. The van der Waals surface area contributed by atoms with Gasteiger partial charge in [-0.3, -0.25) is 9.59 Å². The van der Waals surface area contributed by atoms with Gasteiger partial charge in [-0.1, -0.05) is 35.3 Å². The summed E-state index contributed by atoms with van der Waals surface area (Å²) in [5.41, 5.74) is 3.20. The molecule has 0 N–H and O–H groups in total. The highest BCUT2D eigenvalue weighted by Gasteiger charge is 2.15. The van der Waals surface area contributed by atoms with Gasteiger partial charge < -0.3 is 4.57 Å². The van der Waals surface area contributed by atoms with E-state index < -0.39 is 0 Å². The SMILES string of the molecule is Cn1c(=O)cc(-c2cccc(Cl)c2)c2nc(C(=O)c3ccc(Cl)cc3)ccc21. The van der Waals surface area contributed by atoms with E-state index in [0.29, 0.717) is 32.2 Å². The van der Waals surface area contributed by atoms with Gasteiger partial charge in [0, 0.05) is 34.3 Å². The molecule has 0 saturated carbocycles. The van der Waals surface area contributed by atoms with Gasteiger partial charge in [-0.25, -0.2) is 4.98 Å². The predicted molar refractivity (Wildman–Crippen MR) is 112 cm³/mol. The maximum absolute atomic E-state index is 12.9. The van der Waals surface area contributed by atoms with Gasteiger partial charge in [0.05, 0.1) is 11.0 Å². The van der Waals surface area contributed by atoms with E-state index in [0.717, 1.165) is 5.56 Å². The first kappa shape index (κ1) is 18.4. The molecule has 0 amide bonds. The van der Waals surface area contributed by atoms with Crippen molar-refractivity contribution >= 4 is 40.0 Å². The van der Waals surface area contributed by atoms with E-state index in [9.17, 15) is 9.59 Å². The highest BCUT2D eigenvalue weighted by atomic mass is 35.5. The molecule has 0 aliphatic rings. The highest BCUT2D eigenvalue weighted by Crippen LogP contribution is 2.28. The molecule has 0 spiro atoms.